The lowest BCUT2D eigenvalue weighted by atomic mass is 10.0. The molecule has 0 unspecified atom stereocenters. The van der Waals surface area contributed by atoms with Crippen LogP contribution in [0.1, 0.15) is 38.5 Å². The van der Waals surface area contributed by atoms with Crippen LogP contribution in [0.25, 0.3) is 11.4 Å². The Morgan fingerprint density at radius 3 is 2.90 bits per heavy atom. The summed E-state index contributed by atoms with van der Waals surface area (Å²) in [7, 11) is 1.80. The summed E-state index contributed by atoms with van der Waals surface area (Å²) in [6, 6.07) is 7.91. The van der Waals surface area contributed by atoms with E-state index in [-0.39, 0.29) is 0 Å². The van der Waals surface area contributed by atoms with Gasteiger partial charge in [0.05, 0.1) is 0 Å². The van der Waals surface area contributed by atoms with E-state index in [0.29, 0.717) is 35.7 Å². The van der Waals surface area contributed by atoms with Crippen molar-refractivity contribution in [2.24, 2.45) is 4.99 Å². The van der Waals surface area contributed by atoms with E-state index in [1.807, 2.05) is 24.3 Å². The first-order valence-corrected chi connectivity index (χ1v) is 10.8. The van der Waals surface area contributed by atoms with Crippen molar-refractivity contribution in [1.82, 2.24) is 25.7 Å². The monoisotopic (exact) mass is 418 g/mol. The van der Waals surface area contributed by atoms with Crippen molar-refractivity contribution in [2.45, 2.75) is 45.1 Å². The number of hydrogen-bond donors (Lipinski definition) is 2. The molecule has 3 rings (SSSR count). The van der Waals surface area contributed by atoms with Gasteiger partial charge in [-0.05, 0) is 37.9 Å². The highest BCUT2D eigenvalue weighted by Crippen LogP contribution is 2.20. The molecule has 1 aromatic heterocycles. The molecule has 0 bridgehead atoms. The van der Waals surface area contributed by atoms with Crippen molar-refractivity contribution < 1.29 is 4.52 Å². The van der Waals surface area contributed by atoms with Crippen LogP contribution in [0.5, 0.6) is 0 Å². The summed E-state index contributed by atoms with van der Waals surface area (Å²) in [4.78, 5) is 11.4. The van der Waals surface area contributed by atoms with Crippen molar-refractivity contribution in [3.63, 3.8) is 0 Å². The molecular formula is C21H31ClN6O. The van der Waals surface area contributed by atoms with Crippen LogP contribution in [-0.4, -0.2) is 60.3 Å². The second-order valence-corrected chi connectivity index (χ2v) is 7.82. The number of unbranched alkanes of at least 4 members (excludes halogenated alkanes) is 1. The minimum Gasteiger partial charge on any atom is -0.356 e. The number of guanidine groups is 1. The van der Waals surface area contributed by atoms with Crippen LogP contribution < -0.4 is 10.6 Å². The molecule has 7 nitrogen and oxygen atoms in total. The molecule has 2 N–H and O–H groups in total. The van der Waals surface area contributed by atoms with Crippen molar-refractivity contribution in [1.29, 1.82) is 0 Å². The van der Waals surface area contributed by atoms with Crippen molar-refractivity contribution >= 4 is 17.6 Å². The fourth-order valence-electron chi connectivity index (χ4n) is 3.46. The fourth-order valence-corrected chi connectivity index (χ4v) is 3.65. The van der Waals surface area contributed by atoms with Gasteiger partial charge >= 0.3 is 0 Å². The number of aromatic nitrogens is 2. The standard InChI is InChI=1S/C21H31ClN6O/c1-3-4-12-28-13-9-18(10-14-28)25-21(23-2)24-11-8-19-26-20(27-29-19)16-6-5-7-17(22)15-16/h5-7,15,18H,3-4,8-14H2,1-2H3,(H2,23,24,25). The Balaban J connectivity index is 1.40. The summed E-state index contributed by atoms with van der Waals surface area (Å²) in [5.41, 5.74) is 0.850. The number of halogens is 1. The average molecular weight is 419 g/mol. The molecule has 0 radical (unpaired) electrons. The third kappa shape index (κ3) is 6.72. The predicted octanol–water partition coefficient (Wildman–Crippen LogP) is 3.36. The Morgan fingerprint density at radius 2 is 2.17 bits per heavy atom. The Bertz CT molecular complexity index is 785. The van der Waals surface area contributed by atoms with Gasteiger partial charge in [0.25, 0.3) is 0 Å². The van der Waals surface area contributed by atoms with Crippen molar-refractivity contribution in [3.05, 3.63) is 35.2 Å². The van der Waals surface area contributed by atoms with Gasteiger partial charge in [-0.3, -0.25) is 4.99 Å². The molecule has 0 amide bonds. The third-order valence-electron chi connectivity index (χ3n) is 5.16. The molecule has 0 saturated carbocycles. The van der Waals surface area contributed by atoms with Gasteiger partial charge in [0.2, 0.25) is 11.7 Å². The number of nitrogens with one attached hydrogen (secondary N) is 2. The first-order valence-electron chi connectivity index (χ1n) is 10.5. The summed E-state index contributed by atoms with van der Waals surface area (Å²) in [5.74, 6) is 1.97. The molecule has 0 aliphatic carbocycles. The van der Waals surface area contributed by atoms with E-state index in [1.165, 1.54) is 19.4 Å². The zero-order chi connectivity index (χ0) is 20.5. The van der Waals surface area contributed by atoms with E-state index < -0.39 is 0 Å². The molecule has 1 saturated heterocycles. The van der Waals surface area contributed by atoms with E-state index in [0.717, 1.165) is 37.5 Å². The lowest BCUT2D eigenvalue weighted by Crippen LogP contribution is -2.49. The predicted molar refractivity (Wildman–Crippen MR) is 117 cm³/mol. The minimum absolute atomic E-state index is 0.469. The fraction of sp³-hybridized carbons (Fsp3) is 0.571. The highest BCUT2D eigenvalue weighted by molar-refractivity contribution is 6.30. The summed E-state index contributed by atoms with van der Waals surface area (Å²) >= 11 is 6.03. The smallest absolute Gasteiger partial charge is 0.228 e. The second-order valence-electron chi connectivity index (χ2n) is 7.38. The normalized spacial score (nSPS) is 16.2. The third-order valence-corrected chi connectivity index (χ3v) is 5.40. The number of rotatable bonds is 8. The van der Waals surface area contributed by atoms with Gasteiger partial charge in [-0.15, -0.1) is 0 Å². The zero-order valence-electron chi connectivity index (χ0n) is 17.3. The van der Waals surface area contributed by atoms with Crippen molar-refractivity contribution in [2.75, 3.05) is 33.2 Å². The van der Waals surface area contributed by atoms with Gasteiger partial charge in [-0.25, -0.2) is 0 Å². The number of nitrogens with zero attached hydrogens (tertiary/aromatic N) is 4. The summed E-state index contributed by atoms with van der Waals surface area (Å²) in [6.45, 7) is 6.45. The minimum atomic E-state index is 0.469. The number of aliphatic imine (C=N–C) groups is 1. The van der Waals surface area contributed by atoms with Crippen LogP contribution in [0.4, 0.5) is 0 Å². The maximum Gasteiger partial charge on any atom is 0.228 e. The Hall–Kier alpha value is -2.12. The quantitative estimate of drug-likeness (QED) is 0.505. The maximum absolute atomic E-state index is 6.03. The maximum atomic E-state index is 6.03. The summed E-state index contributed by atoms with van der Waals surface area (Å²) < 4.78 is 5.36. The second kappa shape index (κ2) is 11.2. The van der Waals surface area contributed by atoms with Crippen LogP contribution >= 0.6 is 11.6 Å². The Kier molecular flexibility index (Phi) is 8.31. The van der Waals surface area contributed by atoms with Crippen molar-refractivity contribution in [3.8, 4) is 11.4 Å². The number of likely N-dealkylation sites (tertiary alicyclic amines) is 1. The van der Waals surface area contributed by atoms with Gasteiger partial charge in [0.15, 0.2) is 5.96 Å². The lowest BCUT2D eigenvalue weighted by Gasteiger charge is -2.33. The number of benzene rings is 1. The van der Waals surface area contributed by atoms with Gasteiger partial charge in [-0.1, -0.05) is 42.2 Å². The first kappa shape index (κ1) is 21.6. The molecule has 158 valence electrons. The molecule has 0 spiro atoms. The average Bonchev–Trinajstić information content (AvgIpc) is 3.21. The summed E-state index contributed by atoms with van der Waals surface area (Å²) in [5, 5.41) is 11.6. The number of piperidine rings is 1. The van der Waals surface area contributed by atoms with Crippen LogP contribution in [0.3, 0.4) is 0 Å². The van der Waals surface area contributed by atoms with Gasteiger partial charge in [0, 0.05) is 49.7 Å². The van der Waals surface area contributed by atoms with E-state index in [4.69, 9.17) is 16.1 Å². The molecule has 1 aliphatic rings. The van der Waals surface area contributed by atoms with E-state index in [2.05, 4.69) is 37.6 Å². The van der Waals surface area contributed by atoms with Crippen LogP contribution in [0, 0.1) is 0 Å². The topological polar surface area (TPSA) is 78.6 Å². The van der Waals surface area contributed by atoms with Gasteiger partial charge in [-0.2, -0.15) is 4.98 Å². The molecule has 1 aliphatic heterocycles. The highest BCUT2D eigenvalue weighted by Gasteiger charge is 2.19. The molecule has 2 heterocycles. The summed E-state index contributed by atoms with van der Waals surface area (Å²) in [6.07, 6.45) is 5.48. The Labute approximate surface area is 177 Å². The number of hydrogen-bond acceptors (Lipinski definition) is 5. The largest absolute Gasteiger partial charge is 0.356 e. The molecule has 2 aromatic rings. The van der Waals surface area contributed by atoms with E-state index in [1.54, 1.807) is 7.05 Å². The first-order chi connectivity index (χ1) is 14.2. The molecular weight excluding hydrogens is 388 g/mol. The van der Waals surface area contributed by atoms with E-state index >= 15 is 0 Å². The van der Waals surface area contributed by atoms with Gasteiger partial charge in [0.1, 0.15) is 0 Å². The zero-order valence-corrected chi connectivity index (χ0v) is 18.1. The molecule has 1 fully saturated rings. The highest BCUT2D eigenvalue weighted by atomic mass is 35.5. The van der Waals surface area contributed by atoms with Gasteiger partial charge < -0.3 is 20.1 Å². The molecule has 8 heteroatoms. The van der Waals surface area contributed by atoms with Crippen LogP contribution in [-0.2, 0) is 6.42 Å². The van der Waals surface area contributed by atoms with Crippen LogP contribution in [0.15, 0.2) is 33.8 Å². The van der Waals surface area contributed by atoms with E-state index in [9.17, 15) is 0 Å². The molecule has 29 heavy (non-hydrogen) atoms. The van der Waals surface area contributed by atoms with Crippen LogP contribution in [0.2, 0.25) is 5.02 Å². The Morgan fingerprint density at radius 1 is 1.34 bits per heavy atom. The molecule has 0 atom stereocenters. The SMILES string of the molecule is CCCCN1CCC(NC(=NC)NCCc2nc(-c3cccc(Cl)c3)no2)CC1. The molecule has 1 aromatic carbocycles. The lowest BCUT2D eigenvalue weighted by molar-refractivity contribution is 0.203.